The summed E-state index contributed by atoms with van der Waals surface area (Å²) in [5.74, 6) is 0.883. The molecule has 0 spiro atoms. The molecule has 0 radical (unpaired) electrons. The van der Waals surface area contributed by atoms with Crippen molar-refractivity contribution in [1.29, 1.82) is 0 Å². The lowest BCUT2D eigenvalue weighted by molar-refractivity contribution is 0.503. The highest BCUT2D eigenvalue weighted by atomic mass is 33.1. The summed E-state index contributed by atoms with van der Waals surface area (Å²) in [6.07, 6.45) is 1.45. The van der Waals surface area contributed by atoms with Crippen LogP contribution >= 0.6 is 10.8 Å². The molecule has 0 saturated carbocycles. The molecule has 0 fully saturated rings. The number of hydrogen-bond acceptors (Lipinski definition) is 6. The van der Waals surface area contributed by atoms with Gasteiger partial charge in [0.1, 0.15) is 12.1 Å². The maximum atomic E-state index is 10.5. The Kier molecular flexibility index (Phi) is 4.00. The highest BCUT2D eigenvalue weighted by Gasteiger charge is 2.05. The lowest BCUT2D eigenvalue weighted by Gasteiger charge is -2.06. The number of anilines is 1. The van der Waals surface area contributed by atoms with Crippen molar-refractivity contribution < 1.29 is 13.0 Å². The summed E-state index contributed by atoms with van der Waals surface area (Å²) in [4.78, 5) is 8.21. The van der Waals surface area contributed by atoms with Gasteiger partial charge in [-0.2, -0.15) is 8.42 Å². The quantitative estimate of drug-likeness (QED) is 0.489. The van der Waals surface area contributed by atoms with Crippen LogP contribution in [0.3, 0.4) is 0 Å². The minimum absolute atomic E-state index is 0.233. The first kappa shape index (κ1) is 13.1. The van der Waals surface area contributed by atoms with Gasteiger partial charge in [0.25, 0.3) is 0 Å². The first-order valence-corrected chi connectivity index (χ1v) is 8.06. The molecule has 0 amide bonds. The molecule has 0 unspecified atom stereocenters. The normalized spacial score (nSPS) is 11.6. The summed E-state index contributed by atoms with van der Waals surface area (Å²) in [7, 11) is -3.50. The minimum atomic E-state index is -3.98. The molecule has 1 heterocycles. The van der Waals surface area contributed by atoms with Crippen LogP contribution in [0.1, 0.15) is 0 Å². The van der Waals surface area contributed by atoms with E-state index in [1.54, 1.807) is 0 Å². The summed E-state index contributed by atoms with van der Waals surface area (Å²) in [5.41, 5.74) is 0.817. The van der Waals surface area contributed by atoms with E-state index in [2.05, 4.69) is 15.3 Å². The fourth-order valence-corrected chi connectivity index (χ4v) is 2.74. The summed E-state index contributed by atoms with van der Waals surface area (Å²) < 4.78 is 29.6. The van der Waals surface area contributed by atoms with Gasteiger partial charge in [0.05, 0.1) is 5.52 Å². The second-order valence-corrected chi connectivity index (χ2v) is 6.89. The van der Waals surface area contributed by atoms with Crippen molar-refractivity contribution in [2.24, 2.45) is 0 Å². The first-order valence-electron chi connectivity index (χ1n) is 5.12. The SMILES string of the molecule is O=S(=O)(O)SCCNc1ncnc2ccccc12. The molecule has 6 nitrogen and oxygen atoms in total. The van der Waals surface area contributed by atoms with Gasteiger partial charge in [0.15, 0.2) is 0 Å². The molecule has 0 aliphatic heterocycles. The summed E-state index contributed by atoms with van der Waals surface area (Å²) in [6.45, 7) is 0.380. The van der Waals surface area contributed by atoms with E-state index in [0.29, 0.717) is 23.2 Å². The number of hydrogen-bond donors (Lipinski definition) is 2. The van der Waals surface area contributed by atoms with Gasteiger partial charge in [0, 0.05) is 17.7 Å². The largest absolute Gasteiger partial charge is 0.369 e. The van der Waals surface area contributed by atoms with Crippen LogP contribution in [0.2, 0.25) is 0 Å². The van der Waals surface area contributed by atoms with Crippen LogP contribution in [-0.2, 0) is 9.15 Å². The molecule has 8 heteroatoms. The van der Waals surface area contributed by atoms with Crippen LogP contribution in [0, 0.1) is 0 Å². The molecule has 0 bridgehead atoms. The van der Waals surface area contributed by atoms with Gasteiger partial charge >= 0.3 is 9.15 Å². The number of para-hydroxylation sites is 1. The Hall–Kier alpha value is -1.38. The van der Waals surface area contributed by atoms with E-state index in [4.69, 9.17) is 4.55 Å². The van der Waals surface area contributed by atoms with E-state index in [0.717, 1.165) is 10.9 Å². The fraction of sp³-hybridized carbons (Fsp3) is 0.200. The van der Waals surface area contributed by atoms with Gasteiger partial charge in [-0.15, -0.1) is 0 Å². The number of nitrogens with zero attached hydrogens (tertiary/aromatic N) is 2. The van der Waals surface area contributed by atoms with E-state index in [9.17, 15) is 8.42 Å². The molecule has 1 aromatic heterocycles. The zero-order valence-electron chi connectivity index (χ0n) is 9.28. The molecular formula is C10H11N3O3S2. The number of rotatable bonds is 5. The Morgan fingerprint density at radius 2 is 2.06 bits per heavy atom. The molecule has 2 rings (SSSR count). The van der Waals surface area contributed by atoms with E-state index < -0.39 is 9.15 Å². The number of fused-ring (bicyclic) bond motifs is 1. The van der Waals surface area contributed by atoms with Crippen molar-refractivity contribution in [2.45, 2.75) is 0 Å². The summed E-state index contributed by atoms with van der Waals surface area (Å²) >= 11 is 0. The Labute approximate surface area is 108 Å². The number of benzene rings is 1. The van der Waals surface area contributed by atoms with Crippen molar-refractivity contribution >= 4 is 36.7 Å². The van der Waals surface area contributed by atoms with Gasteiger partial charge in [0.2, 0.25) is 0 Å². The van der Waals surface area contributed by atoms with E-state index in [-0.39, 0.29) is 5.75 Å². The number of nitrogens with one attached hydrogen (secondary N) is 1. The molecule has 0 atom stereocenters. The zero-order valence-corrected chi connectivity index (χ0v) is 10.9. The van der Waals surface area contributed by atoms with Crippen molar-refractivity contribution in [3.8, 4) is 0 Å². The zero-order chi connectivity index (χ0) is 13.0. The third-order valence-corrected chi connectivity index (χ3v) is 4.23. The van der Waals surface area contributed by atoms with Gasteiger partial charge in [-0.1, -0.05) is 12.1 Å². The monoisotopic (exact) mass is 285 g/mol. The predicted octanol–water partition coefficient (Wildman–Crippen LogP) is 1.58. The Bertz CT molecular complexity index is 640. The van der Waals surface area contributed by atoms with Gasteiger partial charge in [-0.25, -0.2) is 9.97 Å². The van der Waals surface area contributed by atoms with Gasteiger partial charge in [-0.05, 0) is 22.9 Å². The lowest BCUT2D eigenvalue weighted by Crippen LogP contribution is -2.08. The predicted molar refractivity (Wildman–Crippen MR) is 72.0 cm³/mol. The van der Waals surface area contributed by atoms with Crippen LogP contribution in [0.4, 0.5) is 5.82 Å². The number of aromatic nitrogens is 2. The van der Waals surface area contributed by atoms with Gasteiger partial charge < -0.3 is 5.32 Å². The maximum Gasteiger partial charge on any atom is 0.319 e. The molecule has 0 aliphatic carbocycles. The lowest BCUT2D eigenvalue weighted by atomic mass is 10.2. The van der Waals surface area contributed by atoms with Crippen molar-refractivity contribution in [1.82, 2.24) is 9.97 Å². The smallest absolute Gasteiger partial charge is 0.319 e. The fourth-order valence-electron chi connectivity index (χ4n) is 1.46. The van der Waals surface area contributed by atoms with Crippen LogP contribution < -0.4 is 5.32 Å². The van der Waals surface area contributed by atoms with E-state index >= 15 is 0 Å². The van der Waals surface area contributed by atoms with Crippen molar-refractivity contribution in [2.75, 3.05) is 17.6 Å². The minimum Gasteiger partial charge on any atom is -0.369 e. The van der Waals surface area contributed by atoms with Crippen LogP contribution in [0.15, 0.2) is 30.6 Å². The van der Waals surface area contributed by atoms with Crippen molar-refractivity contribution in [3.63, 3.8) is 0 Å². The Balaban J connectivity index is 2.04. The average Bonchev–Trinajstić information content (AvgIpc) is 2.33. The highest BCUT2D eigenvalue weighted by Crippen LogP contribution is 2.18. The molecule has 2 aromatic rings. The van der Waals surface area contributed by atoms with Crippen LogP contribution in [-0.4, -0.2) is 35.2 Å². The maximum absolute atomic E-state index is 10.5. The van der Waals surface area contributed by atoms with E-state index in [1.165, 1.54) is 6.33 Å². The summed E-state index contributed by atoms with van der Waals surface area (Å²) in [6, 6.07) is 7.51. The first-order chi connectivity index (χ1) is 8.56. The Morgan fingerprint density at radius 1 is 1.28 bits per heavy atom. The topological polar surface area (TPSA) is 92.2 Å². The third kappa shape index (κ3) is 3.56. The van der Waals surface area contributed by atoms with E-state index in [1.807, 2.05) is 24.3 Å². The molecule has 18 heavy (non-hydrogen) atoms. The Morgan fingerprint density at radius 3 is 2.83 bits per heavy atom. The molecule has 1 aromatic carbocycles. The second-order valence-electron chi connectivity index (χ2n) is 3.42. The standard InChI is InChI=1S/C10H11N3O3S2/c14-18(15,16)17-6-5-11-10-8-3-1-2-4-9(8)12-7-13-10/h1-4,7H,5-6H2,(H,11,12,13)(H,14,15,16). The average molecular weight is 285 g/mol. The highest BCUT2D eigenvalue weighted by molar-refractivity contribution is 8.69. The molecule has 96 valence electrons. The van der Waals surface area contributed by atoms with Crippen LogP contribution in [0.5, 0.6) is 0 Å². The molecule has 2 N–H and O–H groups in total. The molecule has 0 saturated heterocycles. The van der Waals surface area contributed by atoms with Crippen molar-refractivity contribution in [3.05, 3.63) is 30.6 Å². The van der Waals surface area contributed by atoms with Gasteiger partial charge in [-0.3, -0.25) is 4.55 Å². The molecular weight excluding hydrogens is 274 g/mol. The third-order valence-electron chi connectivity index (χ3n) is 2.17. The molecule has 0 aliphatic rings. The van der Waals surface area contributed by atoms with Crippen LogP contribution in [0.25, 0.3) is 10.9 Å². The second kappa shape index (κ2) is 5.51. The summed E-state index contributed by atoms with van der Waals surface area (Å²) in [5, 5.41) is 3.88.